The molecule has 8 heteroatoms. The summed E-state index contributed by atoms with van der Waals surface area (Å²) in [4.78, 5) is 21.0. The first-order valence-corrected chi connectivity index (χ1v) is 39.7. The molecule has 0 saturated heterocycles. The molecule has 6 heterocycles. The minimum absolute atomic E-state index is 0.661. The fourth-order valence-corrected chi connectivity index (χ4v) is 16.5. The summed E-state index contributed by atoms with van der Waals surface area (Å²) in [6.45, 7) is 0. The Kier molecular flexibility index (Phi) is 17.1. The molecule has 0 aliphatic heterocycles. The van der Waals surface area contributed by atoms with Crippen molar-refractivity contribution in [3.05, 3.63) is 413 Å². The van der Waals surface area contributed by atoms with Gasteiger partial charge in [-0.1, -0.05) is 291 Å². The van der Waals surface area contributed by atoms with Gasteiger partial charge in [0.05, 0.1) is 22.8 Å². The second-order valence-electron chi connectivity index (χ2n) is 30.0. The van der Waals surface area contributed by atoms with Crippen LogP contribution in [0.15, 0.2) is 430 Å². The highest BCUT2D eigenvalue weighted by Crippen LogP contribution is 2.44. The largest absolute Gasteiger partial charge is 0.456 e. The van der Waals surface area contributed by atoms with Crippen molar-refractivity contribution in [3.8, 4) is 146 Å². The van der Waals surface area contributed by atoms with Gasteiger partial charge in [0.15, 0.2) is 11.6 Å². The number of hydrogen-bond donors (Lipinski definition) is 0. The zero-order valence-corrected chi connectivity index (χ0v) is 63.7. The Balaban J connectivity index is 0.000000143. The van der Waals surface area contributed by atoms with E-state index in [1.807, 2.05) is 72.8 Å². The van der Waals surface area contributed by atoms with Gasteiger partial charge in [-0.3, -0.25) is 0 Å². The molecule has 0 fully saturated rings. The minimum atomic E-state index is 0.661. The predicted molar refractivity (Wildman–Crippen MR) is 484 cm³/mol. The number of fused-ring (bicyclic) bond motifs is 12. The molecule has 23 rings (SSSR count). The van der Waals surface area contributed by atoms with Crippen LogP contribution in [-0.2, 0) is 0 Å². The molecule has 0 aliphatic carbocycles. The van der Waals surface area contributed by atoms with Gasteiger partial charge in [0, 0.05) is 76.5 Å². The smallest absolute Gasteiger partial charge is 0.160 e. The maximum atomic E-state index is 6.25. The highest BCUT2D eigenvalue weighted by atomic mass is 16.3. The lowest BCUT2D eigenvalue weighted by molar-refractivity contribution is 0.668. The first-order chi connectivity index (χ1) is 58.4. The maximum absolute atomic E-state index is 6.25. The van der Waals surface area contributed by atoms with Crippen molar-refractivity contribution in [2.45, 2.75) is 0 Å². The fourth-order valence-electron chi connectivity index (χ4n) is 16.5. The Morgan fingerprint density at radius 2 is 0.314 bits per heavy atom. The predicted octanol–water partition coefficient (Wildman–Crippen LogP) is 30.2. The third kappa shape index (κ3) is 13.1. The Morgan fingerprint density at radius 1 is 0.119 bits per heavy atom. The number of furan rings is 4. The van der Waals surface area contributed by atoms with E-state index in [1.54, 1.807) is 0 Å². The van der Waals surface area contributed by atoms with Crippen LogP contribution in [0.3, 0.4) is 0 Å². The van der Waals surface area contributed by atoms with Crippen molar-refractivity contribution in [3.63, 3.8) is 0 Å². The first kappa shape index (κ1) is 68.9. The number of para-hydroxylation sites is 4. The molecule has 0 unspecified atom stereocenters. The van der Waals surface area contributed by atoms with E-state index in [1.165, 1.54) is 16.7 Å². The number of rotatable bonds is 13. The van der Waals surface area contributed by atoms with Gasteiger partial charge in [-0.25, -0.2) is 19.9 Å². The summed E-state index contributed by atoms with van der Waals surface area (Å²) in [6, 6.07) is 144. The van der Waals surface area contributed by atoms with Crippen LogP contribution in [0, 0.1) is 0 Å². The van der Waals surface area contributed by atoms with Crippen molar-refractivity contribution in [1.82, 2.24) is 19.9 Å². The molecule has 0 saturated carbocycles. The van der Waals surface area contributed by atoms with Crippen LogP contribution in [-0.4, -0.2) is 19.9 Å². The molecule has 23 aromatic rings. The summed E-state index contributed by atoms with van der Waals surface area (Å²) in [6.07, 6.45) is 0. The van der Waals surface area contributed by atoms with Gasteiger partial charge in [-0.2, -0.15) is 0 Å². The standard InChI is InChI=1S/C58H36N2O2.C52H32N2O2/c1-3-11-37(12-4-1)39-19-23-41(24-20-39)52-36-53(60-58(59-52)42-25-21-40(22-26-42)38-13-5-2-6-14-38)47-32-45(43-27-29-56-50(34-43)48-15-7-9-17-54(48)61-56)31-46(33-47)44-28-30-57-51(35-44)49-16-8-10-18-55(49)62-57;1-3-11-33(12-4-1)34-19-21-36(22-20-34)52-53-46(35-13-5-2-6-14-35)32-47(54-52)41-28-39(37-23-25-50-44(30-37)42-15-7-9-17-48(42)55-50)27-40(29-41)38-24-26-51-45(31-38)43-16-8-10-18-49(43)56-51/h1-36H;1-32H. The summed E-state index contributed by atoms with van der Waals surface area (Å²) in [7, 11) is 0. The van der Waals surface area contributed by atoms with Crippen molar-refractivity contribution in [2.24, 2.45) is 0 Å². The van der Waals surface area contributed by atoms with Crippen molar-refractivity contribution in [2.75, 3.05) is 0 Å². The van der Waals surface area contributed by atoms with E-state index in [2.05, 4.69) is 340 Å². The molecule has 6 aromatic heterocycles. The van der Waals surface area contributed by atoms with E-state index in [9.17, 15) is 0 Å². The number of nitrogens with zero attached hydrogens (tertiary/aromatic N) is 4. The highest BCUT2D eigenvalue weighted by Gasteiger charge is 2.21. The molecular weight excluding hydrogens is 1440 g/mol. The molecule has 0 bridgehead atoms. The van der Waals surface area contributed by atoms with Gasteiger partial charge in [-0.05, 0) is 199 Å². The van der Waals surface area contributed by atoms with Crippen molar-refractivity contribution >= 4 is 87.8 Å². The normalized spacial score (nSPS) is 11.6. The SMILES string of the molecule is c1ccc(-c2ccc(-c3cc(-c4cc(-c5ccc6oc7ccccc7c6c5)cc(-c5ccc6oc7ccccc7c6c5)c4)nc(-c4ccc(-c5ccccc5)cc4)n3)cc2)cc1.c1ccc(-c2ccc(-c3nc(-c4ccccc4)cc(-c4cc(-c5ccc6oc7ccccc7c6c5)cc(-c5ccc6oc7ccccc7c6c5)c4)n3)cc2)cc1. The molecule has 0 aliphatic rings. The Labute approximate surface area is 679 Å². The van der Waals surface area contributed by atoms with Gasteiger partial charge < -0.3 is 17.7 Å². The lowest BCUT2D eigenvalue weighted by Crippen LogP contribution is -1.97. The summed E-state index contributed by atoms with van der Waals surface area (Å²) in [5.41, 5.74) is 31.9. The molecule has 552 valence electrons. The van der Waals surface area contributed by atoms with Gasteiger partial charge >= 0.3 is 0 Å². The van der Waals surface area contributed by atoms with Gasteiger partial charge in [0.1, 0.15) is 44.7 Å². The van der Waals surface area contributed by atoms with Gasteiger partial charge in [0.2, 0.25) is 0 Å². The molecular formula is C110H68N4O4. The second kappa shape index (κ2) is 29.3. The van der Waals surface area contributed by atoms with E-state index >= 15 is 0 Å². The first-order valence-electron chi connectivity index (χ1n) is 39.7. The third-order valence-corrected chi connectivity index (χ3v) is 22.6. The van der Waals surface area contributed by atoms with Crippen molar-refractivity contribution in [1.29, 1.82) is 0 Å². The summed E-state index contributed by atoms with van der Waals surface area (Å²) < 4.78 is 24.9. The van der Waals surface area contributed by atoms with Crippen LogP contribution < -0.4 is 0 Å². The van der Waals surface area contributed by atoms with E-state index in [0.29, 0.717) is 11.6 Å². The molecule has 0 radical (unpaired) electrons. The van der Waals surface area contributed by atoms with E-state index in [0.717, 1.165) is 205 Å². The fraction of sp³-hybridized carbons (Fsp3) is 0. The zero-order valence-electron chi connectivity index (χ0n) is 63.7. The van der Waals surface area contributed by atoms with Crippen LogP contribution in [0.5, 0.6) is 0 Å². The van der Waals surface area contributed by atoms with Gasteiger partial charge in [0.25, 0.3) is 0 Å². The number of hydrogen-bond acceptors (Lipinski definition) is 8. The van der Waals surface area contributed by atoms with E-state index in [4.69, 9.17) is 37.6 Å². The monoisotopic (exact) mass is 1510 g/mol. The van der Waals surface area contributed by atoms with Crippen LogP contribution in [0.4, 0.5) is 0 Å². The topological polar surface area (TPSA) is 104 Å². The third-order valence-electron chi connectivity index (χ3n) is 22.6. The molecule has 118 heavy (non-hydrogen) atoms. The minimum Gasteiger partial charge on any atom is -0.456 e. The van der Waals surface area contributed by atoms with Crippen molar-refractivity contribution < 1.29 is 17.7 Å². The van der Waals surface area contributed by atoms with Crippen LogP contribution in [0.25, 0.3) is 233 Å². The molecule has 0 N–H and O–H groups in total. The molecule has 0 atom stereocenters. The number of benzene rings is 17. The van der Waals surface area contributed by atoms with Gasteiger partial charge in [-0.15, -0.1) is 0 Å². The zero-order chi connectivity index (χ0) is 78.0. The van der Waals surface area contributed by atoms with Crippen LogP contribution in [0.2, 0.25) is 0 Å². The quantitative estimate of drug-likeness (QED) is 0.112. The number of aromatic nitrogens is 4. The Morgan fingerprint density at radius 3 is 0.602 bits per heavy atom. The molecule has 0 amide bonds. The van der Waals surface area contributed by atoms with E-state index < -0.39 is 0 Å². The Hall–Kier alpha value is -15.9. The average Bonchev–Trinajstić information content (AvgIpc) is 1.45. The summed E-state index contributed by atoms with van der Waals surface area (Å²) >= 11 is 0. The molecule has 8 nitrogen and oxygen atoms in total. The second-order valence-corrected chi connectivity index (χ2v) is 30.0. The molecule has 0 spiro atoms. The summed E-state index contributed by atoms with van der Waals surface area (Å²) in [5, 5.41) is 8.74. The average molecular weight is 1510 g/mol. The van der Waals surface area contributed by atoms with Crippen LogP contribution >= 0.6 is 0 Å². The highest BCUT2D eigenvalue weighted by molar-refractivity contribution is 6.10. The molecule has 17 aromatic carbocycles. The van der Waals surface area contributed by atoms with Crippen LogP contribution in [0.1, 0.15) is 0 Å². The van der Waals surface area contributed by atoms with E-state index in [-0.39, 0.29) is 0 Å². The maximum Gasteiger partial charge on any atom is 0.160 e. The Bertz CT molecular complexity index is 7400. The lowest BCUT2D eigenvalue weighted by atomic mass is 9.93. The summed E-state index contributed by atoms with van der Waals surface area (Å²) in [5.74, 6) is 1.33. The lowest BCUT2D eigenvalue weighted by Gasteiger charge is -2.14.